The van der Waals surface area contributed by atoms with Crippen LogP contribution in [0.2, 0.25) is 0 Å². The second kappa shape index (κ2) is 6.44. The second-order valence-electron chi connectivity index (χ2n) is 3.34. The van der Waals surface area contributed by atoms with Gasteiger partial charge < -0.3 is 22.2 Å². The molecule has 1 unspecified atom stereocenters. The molecular weight excluding hydrogens is 204 g/mol. The maximum atomic E-state index is 11.5. The number of hydrogen-bond donors (Lipinski definition) is 4. The highest BCUT2D eigenvalue weighted by atomic mass is 16.1. The van der Waals surface area contributed by atoms with E-state index in [1.54, 1.807) is 13.0 Å². The first-order valence-electron chi connectivity index (χ1n) is 4.77. The van der Waals surface area contributed by atoms with Crippen molar-refractivity contribution in [1.29, 1.82) is 5.41 Å². The maximum Gasteiger partial charge on any atom is 0.254 e. The molecular formula is C11H18N4O. The van der Waals surface area contributed by atoms with Gasteiger partial charge in [0.05, 0.1) is 5.82 Å². The average molecular weight is 222 g/mol. The Morgan fingerprint density at radius 3 is 2.50 bits per heavy atom. The van der Waals surface area contributed by atoms with E-state index in [0.717, 1.165) is 0 Å². The zero-order valence-electron chi connectivity index (χ0n) is 9.42. The number of carbonyl (C=O) groups is 1. The highest BCUT2D eigenvalue weighted by Gasteiger charge is 2.14. The van der Waals surface area contributed by atoms with Gasteiger partial charge in [0.2, 0.25) is 0 Å². The summed E-state index contributed by atoms with van der Waals surface area (Å²) in [5.74, 6) is -0.532. The number of amides is 1. The van der Waals surface area contributed by atoms with Gasteiger partial charge >= 0.3 is 0 Å². The summed E-state index contributed by atoms with van der Waals surface area (Å²) in [5, 5.41) is 9.37. The molecule has 0 aliphatic heterocycles. The summed E-state index contributed by atoms with van der Waals surface area (Å²) < 4.78 is 0. The molecule has 0 spiro atoms. The van der Waals surface area contributed by atoms with Gasteiger partial charge in [-0.15, -0.1) is 6.58 Å². The van der Waals surface area contributed by atoms with Crippen molar-refractivity contribution in [2.24, 2.45) is 17.4 Å². The zero-order chi connectivity index (χ0) is 12.7. The summed E-state index contributed by atoms with van der Waals surface area (Å²) in [6, 6.07) is 0. The molecule has 0 rings (SSSR count). The van der Waals surface area contributed by atoms with Gasteiger partial charge in [-0.25, -0.2) is 0 Å². The molecule has 0 bridgehead atoms. The van der Waals surface area contributed by atoms with E-state index in [4.69, 9.17) is 16.9 Å². The van der Waals surface area contributed by atoms with Gasteiger partial charge in [-0.2, -0.15) is 0 Å². The topological polar surface area (TPSA) is 105 Å². The van der Waals surface area contributed by atoms with E-state index in [9.17, 15) is 4.79 Å². The molecule has 16 heavy (non-hydrogen) atoms. The fourth-order valence-corrected chi connectivity index (χ4v) is 1.13. The van der Waals surface area contributed by atoms with Crippen molar-refractivity contribution in [3.63, 3.8) is 0 Å². The lowest BCUT2D eigenvalue weighted by atomic mass is 9.98. The molecule has 0 aliphatic carbocycles. The molecule has 0 heterocycles. The van der Waals surface area contributed by atoms with Crippen molar-refractivity contribution in [3.8, 4) is 0 Å². The van der Waals surface area contributed by atoms with Crippen LogP contribution in [0, 0.1) is 11.3 Å². The summed E-state index contributed by atoms with van der Waals surface area (Å²) in [7, 11) is 0. The Morgan fingerprint density at radius 1 is 1.56 bits per heavy atom. The van der Waals surface area contributed by atoms with E-state index in [0.29, 0.717) is 17.7 Å². The number of carbonyl (C=O) groups excluding carboxylic acids is 1. The van der Waals surface area contributed by atoms with Crippen LogP contribution in [0.5, 0.6) is 0 Å². The normalized spacial score (nSPS) is 13.3. The van der Waals surface area contributed by atoms with Crippen LogP contribution in [0.1, 0.15) is 13.3 Å². The number of nitrogens with two attached hydrogens (primary N) is 2. The third-order valence-electron chi connectivity index (χ3n) is 2.10. The van der Waals surface area contributed by atoms with E-state index in [-0.39, 0.29) is 17.6 Å². The number of hydrogen-bond acceptors (Lipinski definition) is 4. The maximum absolute atomic E-state index is 11.5. The van der Waals surface area contributed by atoms with Gasteiger partial charge in [0, 0.05) is 17.2 Å². The first-order valence-corrected chi connectivity index (χ1v) is 4.77. The van der Waals surface area contributed by atoms with Crippen molar-refractivity contribution >= 4 is 12.1 Å². The van der Waals surface area contributed by atoms with Crippen LogP contribution in [-0.2, 0) is 4.79 Å². The minimum absolute atomic E-state index is 0.0688. The fraction of sp³-hybridized carbons (Fsp3) is 0.273. The Hall–Kier alpha value is -2.04. The summed E-state index contributed by atoms with van der Waals surface area (Å²) in [6.45, 7) is 8.57. The summed E-state index contributed by atoms with van der Waals surface area (Å²) in [4.78, 5) is 11.5. The predicted molar refractivity (Wildman–Crippen MR) is 65.4 cm³/mol. The molecule has 1 atom stereocenters. The van der Waals surface area contributed by atoms with Gasteiger partial charge in [-0.05, 0) is 19.6 Å². The minimum Gasteiger partial charge on any atom is -0.401 e. The molecule has 6 N–H and O–H groups in total. The number of rotatable bonds is 6. The van der Waals surface area contributed by atoms with E-state index < -0.39 is 0 Å². The molecule has 0 aliphatic rings. The van der Waals surface area contributed by atoms with Gasteiger partial charge in [0.25, 0.3) is 5.91 Å². The van der Waals surface area contributed by atoms with Crippen LogP contribution in [0.25, 0.3) is 0 Å². The molecule has 0 saturated carbocycles. The Balaban J connectivity index is 4.91. The van der Waals surface area contributed by atoms with E-state index in [1.807, 2.05) is 0 Å². The zero-order valence-corrected chi connectivity index (χ0v) is 9.42. The van der Waals surface area contributed by atoms with Crippen LogP contribution in [0.4, 0.5) is 0 Å². The lowest BCUT2D eigenvalue weighted by Crippen LogP contribution is -2.29. The highest BCUT2D eigenvalue weighted by Crippen LogP contribution is 2.14. The standard InChI is InChI=1S/C11H18N4O/c1-4-9(5-6-12)10(14)7(2)11(16)15-8(3)13/h4,6,9,12H,1,3,5,13-14H2,2H3,(H,15,16)/b10-7-,12-6?. The molecule has 1 amide bonds. The molecule has 5 nitrogen and oxygen atoms in total. The Labute approximate surface area is 95.4 Å². The molecule has 0 aromatic heterocycles. The Kier molecular flexibility index (Phi) is 5.62. The van der Waals surface area contributed by atoms with Crippen molar-refractivity contribution in [2.75, 3.05) is 0 Å². The van der Waals surface area contributed by atoms with Gasteiger partial charge in [0.1, 0.15) is 0 Å². The Bertz CT molecular complexity index is 344. The van der Waals surface area contributed by atoms with E-state index >= 15 is 0 Å². The highest BCUT2D eigenvalue weighted by molar-refractivity contribution is 5.94. The van der Waals surface area contributed by atoms with E-state index in [1.165, 1.54) is 6.21 Å². The van der Waals surface area contributed by atoms with Crippen LogP contribution >= 0.6 is 0 Å². The van der Waals surface area contributed by atoms with Crippen LogP contribution < -0.4 is 16.8 Å². The van der Waals surface area contributed by atoms with Crippen molar-refractivity contribution in [2.45, 2.75) is 13.3 Å². The van der Waals surface area contributed by atoms with Crippen molar-refractivity contribution in [3.05, 3.63) is 36.3 Å². The second-order valence-corrected chi connectivity index (χ2v) is 3.34. The van der Waals surface area contributed by atoms with Gasteiger partial charge in [-0.1, -0.05) is 12.7 Å². The summed E-state index contributed by atoms with van der Waals surface area (Å²) in [6.07, 6.45) is 3.25. The minimum atomic E-state index is -0.387. The van der Waals surface area contributed by atoms with Gasteiger partial charge in [0.15, 0.2) is 0 Å². The fourth-order valence-electron chi connectivity index (χ4n) is 1.13. The lowest BCUT2D eigenvalue weighted by Gasteiger charge is -2.14. The van der Waals surface area contributed by atoms with E-state index in [2.05, 4.69) is 18.5 Å². The van der Waals surface area contributed by atoms with Crippen molar-refractivity contribution < 1.29 is 4.79 Å². The van der Waals surface area contributed by atoms with Gasteiger partial charge in [-0.3, -0.25) is 4.79 Å². The van der Waals surface area contributed by atoms with Crippen LogP contribution in [0.15, 0.2) is 36.3 Å². The third kappa shape index (κ3) is 4.00. The molecule has 0 aromatic rings. The molecule has 5 heteroatoms. The lowest BCUT2D eigenvalue weighted by molar-refractivity contribution is -0.116. The number of nitrogens with one attached hydrogen (secondary N) is 2. The first-order chi connectivity index (χ1) is 7.43. The average Bonchev–Trinajstić information content (AvgIpc) is 2.22. The smallest absolute Gasteiger partial charge is 0.254 e. The SMILES string of the molecule is C=CC(CC=N)/C(N)=C(\C)C(=O)NC(=C)N. The van der Waals surface area contributed by atoms with Crippen LogP contribution in [-0.4, -0.2) is 12.1 Å². The predicted octanol–water partition coefficient (Wildman–Crippen LogP) is 0.607. The van der Waals surface area contributed by atoms with Crippen LogP contribution in [0.3, 0.4) is 0 Å². The molecule has 0 saturated heterocycles. The summed E-state index contributed by atoms with van der Waals surface area (Å²) >= 11 is 0. The molecule has 0 aromatic carbocycles. The Morgan fingerprint density at radius 2 is 2.12 bits per heavy atom. The third-order valence-corrected chi connectivity index (χ3v) is 2.10. The first kappa shape index (κ1) is 14.0. The monoisotopic (exact) mass is 222 g/mol. The molecule has 0 radical (unpaired) electrons. The number of allylic oxidation sites excluding steroid dienone is 1. The van der Waals surface area contributed by atoms with Crippen molar-refractivity contribution in [1.82, 2.24) is 5.32 Å². The molecule has 0 fully saturated rings. The molecule has 88 valence electrons. The largest absolute Gasteiger partial charge is 0.401 e. The quantitative estimate of drug-likeness (QED) is 0.300. The summed E-state index contributed by atoms with van der Waals surface area (Å²) in [5.41, 5.74) is 11.8.